The summed E-state index contributed by atoms with van der Waals surface area (Å²) in [6.45, 7) is 30.8. The Balaban J connectivity index is 1.19. The lowest BCUT2D eigenvalue weighted by molar-refractivity contribution is -0.572. The molecule has 7 aromatic carbocycles. The fourth-order valence-corrected chi connectivity index (χ4v) is 11.9. The molecule has 10 aromatic rings. The summed E-state index contributed by atoms with van der Waals surface area (Å²) in [6, 6.07) is 54.0. The van der Waals surface area contributed by atoms with E-state index >= 15 is 0 Å². The first-order valence-electron chi connectivity index (χ1n) is 25.4. The molecule has 1 aliphatic heterocycles. The van der Waals surface area contributed by atoms with Crippen LogP contribution in [0.1, 0.15) is 133 Å². The van der Waals surface area contributed by atoms with Crippen LogP contribution in [-0.2, 0) is 27.1 Å². The third-order valence-corrected chi connectivity index (χ3v) is 15.4. The third-order valence-electron chi connectivity index (χ3n) is 15.4. The van der Waals surface area contributed by atoms with Crippen LogP contribution in [0, 0.1) is 13.3 Å². The fourth-order valence-electron chi connectivity index (χ4n) is 11.9. The van der Waals surface area contributed by atoms with Gasteiger partial charge < -0.3 is 4.74 Å². The van der Waals surface area contributed by atoms with Crippen molar-refractivity contribution in [1.29, 1.82) is 0 Å². The molecule has 2 aliphatic rings. The molecule has 5 heteroatoms. The molecule has 1 spiro atoms. The molecule has 0 radical (unpaired) electrons. The average molecular weight is 929 g/mol. The number of fused-ring (bicyclic) bond motifs is 12. The van der Waals surface area contributed by atoms with Gasteiger partial charge in [0.25, 0.3) is 6.33 Å². The lowest BCUT2D eigenvalue weighted by Crippen LogP contribution is -2.38. The number of ether oxygens (including phenoxy) is 1. The molecular weight excluding hydrogens is 865 g/mol. The zero-order chi connectivity index (χ0) is 49.7. The minimum absolute atomic E-state index is 0.0750. The Bertz CT molecular complexity index is 3740. The number of hydrogen-bond donors (Lipinski definition) is 0. The van der Waals surface area contributed by atoms with Crippen LogP contribution in [0.4, 0.5) is 0 Å². The molecule has 5 nitrogen and oxygen atoms in total. The summed E-state index contributed by atoms with van der Waals surface area (Å²) < 4.78 is 13.9. The monoisotopic (exact) mass is 929 g/mol. The summed E-state index contributed by atoms with van der Waals surface area (Å²) in [4.78, 5) is 4.80. The van der Waals surface area contributed by atoms with Gasteiger partial charge in [0.1, 0.15) is 17.3 Å². The molecule has 0 saturated heterocycles. The van der Waals surface area contributed by atoms with Crippen molar-refractivity contribution in [1.82, 2.24) is 14.1 Å². The highest BCUT2D eigenvalue weighted by Crippen LogP contribution is 2.65. The van der Waals surface area contributed by atoms with E-state index in [0.717, 1.165) is 56.1 Å². The molecule has 71 heavy (non-hydrogen) atoms. The molecule has 0 saturated carbocycles. The Labute approximate surface area is 419 Å². The Hall–Kier alpha value is -7.24. The molecule has 4 heterocycles. The molecule has 0 atom stereocenters. The molecule has 0 fully saturated rings. The average Bonchev–Trinajstić information content (AvgIpc) is 3.97. The summed E-state index contributed by atoms with van der Waals surface area (Å²) in [6.07, 6.45) is 5.81. The van der Waals surface area contributed by atoms with E-state index in [-0.39, 0.29) is 21.7 Å². The van der Waals surface area contributed by atoms with Crippen molar-refractivity contribution in [2.75, 3.05) is 0 Å². The van der Waals surface area contributed by atoms with Gasteiger partial charge in [-0.05, 0) is 139 Å². The van der Waals surface area contributed by atoms with E-state index in [0.29, 0.717) is 0 Å². The smallest absolute Gasteiger partial charge is 0.269 e. The molecule has 0 amide bonds. The van der Waals surface area contributed by atoms with Gasteiger partial charge in [-0.15, -0.1) is 0 Å². The van der Waals surface area contributed by atoms with E-state index in [2.05, 4.69) is 243 Å². The predicted molar refractivity (Wildman–Crippen MR) is 293 cm³/mol. The molecule has 354 valence electrons. The molecule has 1 aliphatic carbocycles. The number of para-hydroxylation sites is 2. The zero-order valence-corrected chi connectivity index (χ0v) is 43.6. The number of aromatic nitrogens is 4. The lowest BCUT2D eigenvalue weighted by atomic mass is 9.60. The van der Waals surface area contributed by atoms with Crippen LogP contribution >= 0.6 is 0 Å². The molecule has 12 rings (SSSR count). The predicted octanol–water partition coefficient (Wildman–Crippen LogP) is 16.2. The molecule has 0 N–H and O–H groups in total. The Morgan fingerprint density at radius 1 is 0.535 bits per heavy atom. The second-order valence-electron chi connectivity index (χ2n) is 24.4. The molecule has 3 aromatic heterocycles. The Kier molecular flexibility index (Phi) is 9.58. The number of rotatable bonds is 4. The maximum atomic E-state index is 7.11. The van der Waals surface area contributed by atoms with Gasteiger partial charge in [0.05, 0.1) is 38.9 Å². The summed E-state index contributed by atoms with van der Waals surface area (Å²) in [5.41, 5.74) is 19.9. The lowest BCUT2D eigenvalue weighted by Gasteiger charge is -2.44. The SMILES string of the molecule is Cc1ccc(-[n+]2[c-]n3c4c(cccc42)C2(c4ccc(Oc5ccc6c7ccccc7n(-c7ccccn7)c6c5)cc4-3)c3c(cc(C(C)(C)C)cc3C(C)(C)C)-c3cc(C(C)(C)C)cc(C(C)(C)C)c32)cc1. The number of imidazole rings is 1. The summed E-state index contributed by atoms with van der Waals surface area (Å²) in [5, 5.41) is 2.33. The number of nitrogens with zero attached hydrogens (tertiary/aromatic N) is 4. The maximum absolute atomic E-state index is 7.11. The van der Waals surface area contributed by atoms with Crippen LogP contribution < -0.4 is 9.30 Å². The fraction of sp³-hybridized carbons (Fsp3) is 0.273. The highest BCUT2D eigenvalue weighted by atomic mass is 16.5. The minimum Gasteiger partial charge on any atom is -0.458 e. The van der Waals surface area contributed by atoms with Crippen LogP contribution in [0.2, 0.25) is 0 Å². The number of pyridine rings is 1. The van der Waals surface area contributed by atoms with Gasteiger partial charge in [0.15, 0.2) is 0 Å². The van der Waals surface area contributed by atoms with Gasteiger partial charge in [-0.3, -0.25) is 13.7 Å². The van der Waals surface area contributed by atoms with Crippen LogP contribution in [0.5, 0.6) is 11.5 Å². The second-order valence-corrected chi connectivity index (χ2v) is 24.4. The highest BCUT2D eigenvalue weighted by molar-refractivity contribution is 6.09. The molecule has 0 unspecified atom stereocenters. The summed E-state index contributed by atoms with van der Waals surface area (Å²) in [5.74, 6) is 2.38. The van der Waals surface area contributed by atoms with Crippen LogP contribution in [-0.4, -0.2) is 14.1 Å². The van der Waals surface area contributed by atoms with E-state index in [1.807, 2.05) is 18.3 Å². The van der Waals surface area contributed by atoms with E-state index in [4.69, 9.17) is 9.72 Å². The summed E-state index contributed by atoms with van der Waals surface area (Å²) >= 11 is 0. The Morgan fingerprint density at radius 3 is 1.76 bits per heavy atom. The largest absolute Gasteiger partial charge is 0.458 e. The van der Waals surface area contributed by atoms with Crippen molar-refractivity contribution in [2.45, 2.75) is 117 Å². The van der Waals surface area contributed by atoms with Crippen molar-refractivity contribution < 1.29 is 9.30 Å². The van der Waals surface area contributed by atoms with Crippen LogP contribution in [0.25, 0.3) is 61.2 Å². The number of hydrogen-bond acceptors (Lipinski definition) is 2. The third kappa shape index (κ3) is 6.71. The van der Waals surface area contributed by atoms with E-state index in [1.165, 1.54) is 66.6 Å². The van der Waals surface area contributed by atoms with Gasteiger partial charge >= 0.3 is 0 Å². The topological polar surface area (TPSA) is 35.9 Å². The first-order valence-corrected chi connectivity index (χ1v) is 25.4. The van der Waals surface area contributed by atoms with Gasteiger partial charge in [0, 0.05) is 23.0 Å². The van der Waals surface area contributed by atoms with Gasteiger partial charge in [-0.1, -0.05) is 174 Å². The van der Waals surface area contributed by atoms with Crippen molar-refractivity contribution in [2.24, 2.45) is 0 Å². The Morgan fingerprint density at radius 2 is 1.14 bits per heavy atom. The molecule has 0 bridgehead atoms. The summed E-state index contributed by atoms with van der Waals surface area (Å²) in [7, 11) is 0. The normalized spacial score (nSPS) is 14.1. The second kappa shape index (κ2) is 15.1. The van der Waals surface area contributed by atoms with Crippen molar-refractivity contribution in [3.8, 4) is 39.8 Å². The quantitative estimate of drug-likeness (QED) is 0.130. The van der Waals surface area contributed by atoms with Crippen molar-refractivity contribution >= 4 is 32.8 Å². The van der Waals surface area contributed by atoms with E-state index in [9.17, 15) is 0 Å². The molecular formula is C66H64N4O. The highest BCUT2D eigenvalue weighted by Gasteiger charge is 2.55. The van der Waals surface area contributed by atoms with Gasteiger partial charge in [-0.25, -0.2) is 4.98 Å². The minimum atomic E-state index is -0.702. The number of benzene rings is 7. The van der Waals surface area contributed by atoms with Gasteiger partial charge in [0.2, 0.25) is 0 Å². The zero-order valence-electron chi connectivity index (χ0n) is 43.6. The van der Waals surface area contributed by atoms with Crippen molar-refractivity contribution in [3.05, 3.63) is 208 Å². The van der Waals surface area contributed by atoms with Crippen molar-refractivity contribution in [3.63, 3.8) is 0 Å². The van der Waals surface area contributed by atoms with Crippen LogP contribution in [0.3, 0.4) is 0 Å². The first kappa shape index (κ1) is 44.9. The van der Waals surface area contributed by atoms with E-state index in [1.54, 1.807) is 0 Å². The number of aryl methyl sites for hydroxylation is 1. The standard InChI is InChI=1S/C66H64N4O/c1-40-24-26-43(27-25-40)68-39-69-57-38-45(71-44-28-30-47-46-19-14-15-21-54(46)70(56(47)37-44)58-23-16-17-32-67-58)29-31-50(57)66(51-20-18-22-55(68)61(51)69)59-48(33-41(62(2,3)4)35-52(59)64(8,9)10)49-34-42(63(5,6)7)36-53(60(49)66)65(11,12)13/h14-38H,1-13H3. The van der Waals surface area contributed by atoms with E-state index < -0.39 is 5.41 Å². The van der Waals surface area contributed by atoms with Crippen LogP contribution in [0.15, 0.2) is 152 Å². The first-order chi connectivity index (χ1) is 33.6. The maximum Gasteiger partial charge on any atom is 0.269 e. The van der Waals surface area contributed by atoms with Gasteiger partial charge in [-0.2, -0.15) is 0 Å².